The van der Waals surface area contributed by atoms with Crippen LogP contribution in [0.5, 0.6) is 0 Å². The molecule has 0 bridgehead atoms. The van der Waals surface area contributed by atoms with Gasteiger partial charge < -0.3 is 10.4 Å². The maximum Gasteiger partial charge on any atom is 0.319 e. The third-order valence-electron chi connectivity index (χ3n) is 4.67. The fraction of sp³-hybridized carbons (Fsp3) is 0.500. The number of carbonyl (C=O) groups excluding carboxylic acids is 1. The van der Waals surface area contributed by atoms with Crippen molar-refractivity contribution in [2.75, 3.05) is 5.32 Å². The molecular weight excluding hydrogens is 292 g/mol. The number of rotatable bonds is 4. The number of amides is 1. The lowest BCUT2D eigenvalue weighted by Gasteiger charge is -2.22. The third-order valence-corrected chi connectivity index (χ3v) is 4.67. The van der Waals surface area contributed by atoms with Gasteiger partial charge >= 0.3 is 5.97 Å². The minimum absolute atomic E-state index is 0.177. The van der Waals surface area contributed by atoms with Crippen molar-refractivity contribution in [1.29, 1.82) is 0 Å². The highest BCUT2D eigenvalue weighted by molar-refractivity contribution is 6.08. The Morgan fingerprint density at radius 1 is 1.23 bits per heavy atom. The number of halogens is 2. The van der Waals surface area contributed by atoms with E-state index in [1.54, 1.807) is 18.2 Å². The van der Waals surface area contributed by atoms with Gasteiger partial charge in [-0.25, -0.2) is 8.78 Å². The number of carboxylic acids is 1. The lowest BCUT2D eigenvalue weighted by molar-refractivity contribution is -0.153. The molecule has 118 valence electrons. The Morgan fingerprint density at radius 2 is 1.86 bits per heavy atom. The summed E-state index contributed by atoms with van der Waals surface area (Å²) in [5.74, 6) is -5.15. The second kappa shape index (κ2) is 5.04. The SMILES string of the molecule is O=C(O)C1(C(=O)Nc2cccc(C3CC3(F)F)c2)CCCC1. The molecule has 2 aliphatic carbocycles. The van der Waals surface area contributed by atoms with Crippen molar-refractivity contribution in [2.24, 2.45) is 5.41 Å². The van der Waals surface area contributed by atoms with Crippen LogP contribution in [0.25, 0.3) is 0 Å². The summed E-state index contributed by atoms with van der Waals surface area (Å²) in [5.41, 5.74) is -0.546. The first kappa shape index (κ1) is 14.9. The lowest BCUT2D eigenvalue weighted by Crippen LogP contribution is -2.40. The Kier molecular flexibility index (Phi) is 3.42. The van der Waals surface area contributed by atoms with Crippen LogP contribution < -0.4 is 5.32 Å². The first-order valence-corrected chi connectivity index (χ1v) is 7.38. The van der Waals surface area contributed by atoms with Crippen molar-refractivity contribution in [3.05, 3.63) is 29.8 Å². The van der Waals surface area contributed by atoms with Crippen LogP contribution in [0.4, 0.5) is 14.5 Å². The predicted molar refractivity (Wildman–Crippen MR) is 75.9 cm³/mol. The highest BCUT2D eigenvalue weighted by Gasteiger charge is 2.57. The van der Waals surface area contributed by atoms with E-state index in [2.05, 4.69) is 5.32 Å². The van der Waals surface area contributed by atoms with Gasteiger partial charge in [-0.2, -0.15) is 0 Å². The molecule has 0 spiro atoms. The van der Waals surface area contributed by atoms with Gasteiger partial charge in [-0.15, -0.1) is 0 Å². The van der Waals surface area contributed by atoms with Crippen LogP contribution in [0.2, 0.25) is 0 Å². The maximum absolute atomic E-state index is 13.1. The molecular formula is C16H17F2NO3. The lowest BCUT2D eigenvalue weighted by atomic mass is 9.85. The average molecular weight is 309 g/mol. The molecule has 1 atom stereocenters. The summed E-state index contributed by atoms with van der Waals surface area (Å²) in [6.45, 7) is 0. The largest absolute Gasteiger partial charge is 0.480 e. The standard InChI is InChI=1S/C16H17F2NO3/c17-16(18)9-12(16)10-4-3-5-11(8-10)19-13(20)15(14(21)22)6-1-2-7-15/h3-5,8,12H,1-2,6-7,9H2,(H,19,20)(H,21,22). The summed E-state index contributed by atoms with van der Waals surface area (Å²) in [6, 6.07) is 6.30. The molecule has 0 aliphatic heterocycles. The smallest absolute Gasteiger partial charge is 0.319 e. The monoisotopic (exact) mass is 309 g/mol. The van der Waals surface area contributed by atoms with E-state index in [9.17, 15) is 23.5 Å². The van der Waals surface area contributed by atoms with Gasteiger partial charge in [0.15, 0.2) is 0 Å². The van der Waals surface area contributed by atoms with Crippen LogP contribution in [-0.4, -0.2) is 22.9 Å². The van der Waals surface area contributed by atoms with E-state index in [1.165, 1.54) is 6.07 Å². The Balaban J connectivity index is 1.77. The Morgan fingerprint density at radius 3 is 2.41 bits per heavy atom. The van der Waals surface area contributed by atoms with Gasteiger partial charge in [0.1, 0.15) is 5.41 Å². The molecule has 1 unspecified atom stereocenters. The highest BCUT2D eigenvalue weighted by atomic mass is 19.3. The zero-order valence-corrected chi connectivity index (χ0v) is 11.9. The number of nitrogens with one attached hydrogen (secondary N) is 1. The van der Waals surface area contributed by atoms with Crippen molar-refractivity contribution in [3.8, 4) is 0 Å². The van der Waals surface area contributed by atoms with Gasteiger partial charge in [0.25, 0.3) is 5.92 Å². The van der Waals surface area contributed by atoms with E-state index in [0.717, 1.165) is 0 Å². The fourth-order valence-corrected chi connectivity index (χ4v) is 3.18. The predicted octanol–water partition coefficient (Wildman–Crippen LogP) is 3.39. The summed E-state index contributed by atoms with van der Waals surface area (Å²) in [7, 11) is 0. The van der Waals surface area contributed by atoms with Crippen LogP contribution >= 0.6 is 0 Å². The minimum atomic E-state index is -2.67. The molecule has 2 saturated carbocycles. The Labute approximate surface area is 126 Å². The zero-order valence-electron chi connectivity index (χ0n) is 11.9. The number of alkyl halides is 2. The molecule has 4 nitrogen and oxygen atoms in total. The van der Waals surface area contributed by atoms with Crippen molar-refractivity contribution >= 4 is 17.6 Å². The second-order valence-electron chi connectivity index (χ2n) is 6.19. The van der Waals surface area contributed by atoms with Crippen molar-refractivity contribution < 1.29 is 23.5 Å². The van der Waals surface area contributed by atoms with Gasteiger partial charge in [-0.05, 0) is 30.5 Å². The van der Waals surface area contributed by atoms with Gasteiger partial charge in [0.05, 0.1) is 5.92 Å². The molecule has 2 fully saturated rings. The topological polar surface area (TPSA) is 66.4 Å². The summed E-state index contributed by atoms with van der Waals surface area (Å²) in [5, 5.41) is 12.0. The molecule has 2 N–H and O–H groups in total. The van der Waals surface area contributed by atoms with E-state index in [1.807, 2.05) is 0 Å². The number of benzene rings is 1. The first-order chi connectivity index (χ1) is 10.3. The fourth-order valence-electron chi connectivity index (χ4n) is 3.18. The van der Waals surface area contributed by atoms with Gasteiger partial charge in [-0.3, -0.25) is 9.59 Å². The van der Waals surface area contributed by atoms with Gasteiger partial charge in [0.2, 0.25) is 5.91 Å². The third kappa shape index (κ3) is 2.46. The summed E-state index contributed by atoms with van der Waals surface area (Å²) in [4.78, 5) is 23.8. The summed E-state index contributed by atoms with van der Waals surface area (Å²) < 4.78 is 26.2. The molecule has 22 heavy (non-hydrogen) atoms. The summed E-state index contributed by atoms with van der Waals surface area (Å²) in [6.07, 6.45) is 1.86. The van der Waals surface area contributed by atoms with E-state index < -0.39 is 29.1 Å². The maximum atomic E-state index is 13.1. The normalized spacial score (nSPS) is 24.7. The van der Waals surface area contributed by atoms with E-state index in [0.29, 0.717) is 36.9 Å². The number of hydrogen-bond donors (Lipinski definition) is 2. The van der Waals surface area contributed by atoms with Crippen LogP contribution in [0.1, 0.15) is 43.6 Å². The minimum Gasteiger partial charge on any atom is -0.480 e. The molecule has 2 aliphatic rings. The number of anilines is 1. The number of aliphatic carboxylic acids is 1. The molecule has 0 aromatic heterocycles. The van der Waals surface area contributed by atoms with Crippen molar-refractivity contribution in [2.45, 2.75) is 43.9 Å². The van der Waals surface area contributed by atoms with E-state index in [4.69, 9.17) is 0 Å². The van der Waals surface area contributed by atoms with E-state index in [-0.39, 0.29) is 6.42 Å². The first-order valence-electron chi connectivity index (χ1n) is 7.38. The van der Waals surface area contributed by atoms with Gasteiger partial charge in [-0.1, -0.05) is 25.0 Å². The molecule has 1 aromatic rings. The molecule has 0 saturated heterocycles. The van der Waals surface area contributed by atoms with Crippen LogP contribution in [0.15, 0.2) is 24.3 Å². The number of carboxylic acid groups (broad SMARTS) is 1. The molecule has 6 heteroatoms. The molecule has 0 radical (unpaired) electrons. The van der Waals surface area contributed by atoms with Crippen LogP contribution in [-0.2, 0) is 9.59 Å². The van der Waals surface area contributed by atoms with Crippen molar-refractivity contribution in [3.63, 3.8) is 0 Å². The quantitative estimate of drug-likeness (QED) is 0.838. The molecule has 1 amide bonds. The summed E-state index contributed by atoms with van der Waals surface area (Å²) >= 11 is 0. The van der Waals surface area contributed by atoms with Crippen LogP contribution in [0.3, 0.4) is 0 Å². The van der Waals surface area contributed by atoms with E-state index >= 15 is 0 Å². The highest BCUT2D eigenvalue weighted by Crippen LogP contribution is 2.55. The van der Waals surface area contributed by atoms with Crippen molar-refractivity contribution in [1.82, 2.24) is 0 Å². The number of hydrogen-bond acceptors (Lipinski definition) is 2. The molecule has 1 aromatic carbocycles. The molecule has 0 heterocycles. The molecule has 3 rings (SSSR count). The number of carbonyl (C=O) groups is 2. The second-order valence-corrected chi connectivity index (χ2v) is 6.19. The zero-order chi connectivity index (χ0) is 16.0. The van der Waals surface area contributed by atoms with Crippen LogP contribution in [0, 0.1) is 5.41 Å². The Bertz CT molecular complexity index is 624. The average Bonchev–Trinajstić information content (AvgIpc) is 2.90. The van der Waals surface area contributed by atoms with Gasteiger partial charge in [0, 0.05) is 12.1 Å². The Hall–Kier alpha value is -1.98.